The van der Waals surface area contributed by atoms with Crippen molar-refractivity contribution in [2.75, 3.05) is 0 Å². The van der Waals surface area contributed by atoms with Gasteiger partial charge in [0.15, 0.2) is 11.6 Å². The van der Waals surface area contributed by atoms with E-state index < -0.39 is 0 Å². The van der Waals surface area contributed by atoms with Gasteiger partial charge in [-0.1, -0.05) is 20.4 Å². The van der Waals surface area contributed by atoms with Crippen LogP contribution in [-0.2, 0) is 9.59 Å². The fraction of sp³-hybridized carbons (Fsp3) is 0.556. The van der Waals surface area contributed by atoms with E-state index >= 15 is 0 Å². The lowest BCUT2D eigenvalue weighted by Gasteiger charge is -2.27. The van der Waals surface area contributed by atoms with Gasteiger partial charge in [0.2, 0.25) is 0 Å². The molecule has 1 rings (SSSR count). The monoisotopic (exact) mass is 152 g/mol. The molecule has 1 aliphatic carbocycles. The Morgan fingerprint density at radius 1 is 1.18 bits per heavy atom. The van der Waals surface area contributed by atoms with Gasteiger partial charge in [-0.05, 0) is 5.41 Å². The van der Waals surface area contributed by atoms with Gasteiger partial charge in [-0.3, -0.25) is 9.59 Å². The normalized spacial score (nSPS) is 24.0. The highest BCUT2D eigenvalue weighted by molar-refractivity contribution is 6.21. The first kappa shape index (κ1) is 8.18. The molecule has 0 N–H and O–H groups in total. The molecule has 0 aromatic rings. The van der Waals surface area contributed by atoms with Gasteiger partial charge < -0.3 is 0 Å². The second-order valence-corrected chi connectivity index (χ2v) is 3.84. The minimum absolute atomic E-state index is 0.0914. The fourth-order valence-corrected chi connectivity index (χ4v) is 1.30. The van der Waals surface area contributed by atoms with E-state index in [4.69, 9.17) is 0 Å². The average Bonchev–Trinajstić information content (AvgIpc) is 1.81. The summed E-state index contributed by atoms with van der Waals surface area (Å²) in [7, 11) is 0. The van der Waals surface area contributed by atoms with Gasteiger partial charge in [0.25, 0.3) is 0 Å². The number of carbonyl (C=O) groups excluding carboxylic acids is 2. The molecule has 0 spiro atoms. The first-order chi connectivity index (χ1) is 4.92. The Morgan fingerprint density at radius 3 is 1.91 bits per heavy atom. The van der Waals surface area contributed by atoms with E-state index in [-0.39, 0.29) is 22.6 Å². The molecule has 0 radical (unpaired) electrons. The van der Waals surface area contributed by atoms with Crippen molar-refractivity contribution in [2.24, 2.45) is 5.41 Å². The molecular weight excluding hydrogens is 140 g/mol. The molecule has 2 heteroatoms. The smallest absolute Gasteiger partial charge is 0.166 e. The van der Waals surface area contributed by atoms with Crippen molar-refractivity contribution in [1.82, 2.24) is 0 Å². The molecule has 1 saturated carbocycles. The second kappa shape index (κ2) is 2.29. The van der Waals surface area contributed by atoms with Gasteiger partial charge in [-0.2, -0.15) is 0 Å². The minimum Gasteiger partial charge on any atom is -0.294 e. The molecule has 1 aliphatic rings. The molecule has 0 unspecified atom stereocenters. The molecule has 0 heterocycles. The maximum absolute atomic E-state index is 11.1. The number of Topliss-reactive ketones (excluding diaryl/α,β-unsaturated/α-hetero) is 2. The highest BCUT2D eigenvalue weighted by Crippen LogP contribution is 2.32. The number of hydrogen-bond acceptors (Lipinski definition) is 2. The molecule has 0 aliphatic heterocycles. The predicted octanol–water partition coefficient (Wildman–Crippen LogP) is 1.50. The maximum atomic E-state index is 11.1. The van der Waals surface area contributed by atoms with Crippen LogP contribution in [0.3, 0.4) is 0 Å². The van der Waals surface area contributed by atoms with Gasteiger partial charge in [-0.25, -0.2) is 0 Å². The summed E-state index contributed by atoms with van der Waals surface area (Å²) in [5.41, 5.74) is 0.0272. The Hall–Kier alpha value is -0.920. The second-order valence-electron chi connectivity index (χ2n) is 3.84. The zero-order chi connectivity index (χ0) is 8.65. The Kier molecular flexibility index (Phi) is 1.70. The summed E-state index contributed by atoms with van der Waals surface area (Å²) in [5, 5.41) is 0. The van der Waals surface area contributed by atoms with Crippen LogP contribution in [0.25, 0.3) is 0 Å². The highest BCUT2D eigenvalue weighted by atomic mass is 16.1. The van der Waals surface area contributed by atoms with Gasteiger partial charge in [0.1, 0.15) is 0 Å². The molecular formula is C9H12O2. The molecule has 0 saturated heterocycles. The third-order valence-corrected chi connectivity index (χ3v) is 1.95. The summed E-state index contributed by atoms with van der Waals surface area (Å²) in [6, 6.07) is 0. The summed E-state index contributed by atoms with van der Waals surface area (Å²) in [6.07, 6.45) is 0.912. The van der Waals surface area contributed by atoms with Crippen molar-refractivity contribution in [3.8, 4) is 0 Å². The molecule has 0 atom stereocenters. The van der Waals surface area contributed by atoms with Crippen LogP contribution in [-0.4, -0.2) is 11.6 Å². The average molecular weight is 152 g/mol. The first-order valence-corrected chi connectivity index (χ1v) is 3.68. The van der Waals surface area contributed by atoms with E-state index in [2.05, 4.69) is 6.58 Å². The lowest BCUT2D eigenvalue weighted by molar-refractivity contribution is -0.127. The van der Waals surface area contributed by atoms with Crippen molar-refractivity contribution in [1.29, 1.82) is 0 Å². The van der Waals surface area contributed by atoms with Crippen LogP contribution in [0.15, 0.2) is 12.2 Å². The lowest BCUT2D eigenvalue weighted by atomic mass is 9.74. The molecule has 0 aromatic heterocycles. The topological polar surface area (TPSA) is 34.1 Å². The van der Waals surface area contributed by atoms with E-state index in [1.807, 2.05) is 13.8 Å². The maximum Gasteiger partial charge on any atom is 0.166 e. The molecule has 0 amide bonds. The van der Waals surface area contributed by atoms with Crippen LogP contribution in [0.1, 0.15) is 26.7 Å². The van der Waals surface area contributed by atoms with Gasteiger partial charge in [-0.15, -0.1) is 0 Å². The number of ketones is 2. The Balaban J connectivity index is 2.87. The number of allylic oxidation sites excluding steroid dienone is 1. The van der Waals surface area contributed by atoms with Crippen molar-refractivity contribution in [2.45, 2.75) is 26.7 Å². The number of hydrogen-bond donors (Lipinski definition) is 0. The minimum atomic E-state index is -0.157. The Morgan fingerprint density at radius 2 is 1.55 bits per heavy atom. The quantitative estimate of drug-likeness (QED) is 0.389. The number of carbonyl (C=O) groups is 2. The van der Waals surface area contributed by atoms with Crippen molar-refractivity contribution >= 4 is 11.6 Å². The van der Waals surface area contributed by atoms with E-state index in [1.165, 1.54) is 0 Å². The summed E-state index contributed by atoms with van der Waals surface area (Å²) in [4.78, 5) is 22.2. The van der Waals surface area contributed by atoms with Crippen LogP contribution >= 0.6 is 0 Å². The SMILES string of the molecule is C=C1C(=O)CC(C)(C)CC1=O. The zero-order valence-electron chi connectivity index (χ0n) is 6.94. The third kappa shape index (κ3) is 1.56. The van der Waals surface area contributed by atoms with Crippen LogP contribution in [0.4, 0.5) is 0 Å². The number of rotatable bonds is 0. The molecule has 60 valence electrons. The van der Waals surface area contributed by atoms with E-state index in [0.717, 1.165) is 0 Å². The van der Waals surface area contributed by atoms with Crippen molar-refractivity contribution < 1.29 is 9.59 Å². The molecule has 2 nitrogen and oxygen atoms in total. The van der Waals surface area contributed by atoms with E-state index in [1.54, 1.807) is 0 Å². The van der Waals surface area contributed by atoms with Crippen molar-refractivity contribution in [3.63, 3.8) is 0 Å². The third-order valence-electron chi connectivity index (χ3n) is 1.95. The summed E-state index contributed by atoms with van der Waals surface area (Å²) >= 11 is 0. The lowest BCUT2D eigenvalue weighted by Crippen LogP contribution is -2.30. The van der Waals surface area contributed by atoms with Gasteiger partial charge in [0, 0.05) is 12.8 Å². The van der Waals surface area contributed by atoms with Crippen molar-refractivity contribution in [3.05, 3.63) is 12.2 Å². The van der Waals surface area contributed by atoms with Crippen LogP contribution < -0.4 is 0 Å². The first-order valence-electron chi connectivity index (χ1n) is 3.68. The fourth-order valence-electron chi connectivity index (χ4n) is 1.30. The largest absolute Gasteiger partial charge is 0.294 e. The molecule has 11 heavy (non-hydrogen) atoms. The van der Waals surface area contributed by atoms with Gasteiger partial charge >= 0.3 is 0 Å². The van der Waals surface area contributed by atoms with Crippen LogP contribution in [0, 0.1) is 5.41 Å². The Labute approximate surface area is 66.3 Å². The van der Waals surface area contributed by atoms with Gasteiger partial charge in [0.05, 0.1) is 5.57 Å². The zero-order valence-corrected chi connectivity index (χ0v) is 6.94. The van der Waals surface area contributed by atoms with E-state index in [0.29, 0.717) is 12.8 Å². The molecule has 1 fully saturated rings. The Bertz CT molecular complexity index is 214. The van der Waals surface area contributed by atoms with Crippen LogP contribution in [0.2, 0.25) is 0 Å². The summed E-state index contributed by atoms with van der Waals surface area (Å²) in [5.74, 6) is -0.183. The molecule has 0 bridgehead atoms. The summed E-state index contributed by atoms with van der Waals surface area (Å²) in [6.45, 7) is 7.29. The highest BCUT2D eigenvalue weighted by Gasteiger charge is 2.34. The van der Waals surface area contributed by atoms with Crippen LogP contribution in [0.5, 0.6) is 0 Å². The standard InChI is InChI=1S/C9H12O2/c1-6-7(10)4-9(2,3)5-8(6)11/h1,4-5H2,2-3H3. The van der Waals surface area contributed by atoms with E-state index in [9.17, 15) is 9.59 Å². The molecule has 0 aromatic carbocycles. The predicted molar refractivity (Wildman–Crippen MR) is 42.2 cm³/mol. The summed E-state index contributed by atoms with van der Waals surface area (Å²) < 4.78 is 0.